The molecule has 0 unspecified atom stereocenters. The Bertz CT molecular complexity index is 498. The summed E-state index contributed by atoms with van der Waals surface area (Å²) in [5, 5.41) is 2.94. The van der Waals surface area contributed by atoms with E-state index in [1.807, 2.05) is 0 Å². The second kappa shape index (κ2) is 4.12. The monoisotopic (exact) mass is 244 g/mol. The number of hydrogen-bond acceptors (Lipinski definition) is 3. The van der Waals surface area contributed by atoms with Crippen LogP contribution in [-0.4, -0.2) is 27.5 Å². The van der Waals surface area contributed by atoms with Gasteiger partial charge in [-0.1, -0.05) is 6.07 Å². The topological polar surface area (TPSA) is 58.2 Å². The van der Waals surface area contributed by atoms with Gasteiger partial charge in [-0.3, -0.25) is 0 Å². The van der Waals surface area contributed by atoms with Gasteiger partial charge in [0.1, 0.15) is 10.7 Å². The molecule has 4 nitrogen and oxygen atoms in total. The van der Waals surface area contributed by atoms with Crippen LogP contribution in [0, 0.1) is 12.7 Å². The summed E-state index contributed by atoms with van der Waals surface area (Å²) in [7, 11) is -3.74. The van der Waals surface area contributed by atoms with Crippen LogP contribution >= 0.6 is 0 Å². The van der Waals surface area contributed by atoms with E-state index in [0.29, 0.717) is 18.7 Å². The number of halogens is 1. The van der Waals surface area contributed by atoms with Crippen LogP contribution in [0.5, 0.6) is 0 Å². The van der Waals surface area contributed by atoms with Crippen molar-refractivity contribution < 1.29 is 12.8 Å². The standard InChI is InChI=1S/C10H13FN2O2S/c1-7-2-3-9(11)10(4-7)16(14,15)13-8-5-12-6-8/h2-4,8,12-13H,5-6H2,1H3. The SMILES string of the molecule is Cc1ccc(F)c(S(=O)(=O)NC2CNC2)c1. The molecule has 16 heavy (non-hydrogen) atoms. The van der Waals surface area contributed by atoms with Crippen molar-refractivity contribution in [3.8, 4) is 0 Å². The summed E-state index contributed by atoms with van der Waals surface area (Å²) in [4.78, 5) is -0.278. The molecule has 1 heterocycles. The van der Waals surface area contributed by atoms with Gasteiger partial charge in [0, 0.05) is 19.1 Å². The van der Waals surface area contributed by atoms with Crippen molar-refractivity contribution in [3.63, 3.8) is 0 Å². The van der Waals surface area contributed by atoms with E-state index in [2.05, 4.69) is 10.0 Å². The molecule has 0 atom stereocenters. The van der Waals surface area contributed by atoms with Crippen molar-refractivity contribution >= 4 is 10.0 Å². The van der Waals surface area contributed by atoms with Crippen LogP contribution in [0.3, 0.4) is 0 Å². The lowest BCUT2D eigenvalue weighted by Crippen LogP contribution is -2.56. The number of rotatable bonds is 3. The van der Waals surface area contributed by atoms with E-state index >= 15 is 0 Å². The first-order valence-corrected chi connectivity index (χ1v) is 6.46. The molecular weight excluding hydrogens is 231 g/mol. The second-order valence-corrected chi connectivity index (χ2v) is 5.59. The molecule has 1 aromatic carbocycles. The van der Waals surface area contributed by atoms with Crippen LogP contribution in [0.4, 0.5) is 4.39 Å². The molecule has 1 aromatic rings. The molecule has 0 spiro atoms. The van der Waals surface area contributed by atoms with E-state index in [0.717, 1.165) is 0 Å². The first-order chi connectivity index (χ1) is 7.49. The van der Waals surface area contributed by atoms with Gasteiger partial charge in [0.15, 0.2) is 0 Å². The molecule has 88 valence electrons. The Morgan fingerprint density at radius 1 is 1.44 bits per heavy atom. The molecule has 0 bridgehead atoms. The third kappa shape index (κ3) is 2.23. The average Bonchev–Trinajstić information content (AvgIpc) is 2.16. The van der Waals surface area contributed by atoms with Crippen LogP contribution in [0.15, 0.2) is 23.1 Å². The van der Waals surface area contributed by atoms with Crippen molar-refractivity contribution in [2.24, 2.45) is 0 Å². The number of aryl methyl sites for hydroxylation is 1. The van der Waals surface area contributed by atoms with E-state index in [1.54, 1.807) is 13.0 Å². The number of hydrogen-bond donors (Lipinski definition) is 2. The molecule has 0 amide bonds. The molecule has 1 aliphatic rings. The predicted molar refractivity (Wildman–Crippen MR) is 58.1 cm³/mol. The van der Waals surface area contributed by atoms with E-state index in [9.17, 15) is 12.8 Å². The van der Waals surface area contributed by atoms with Gasteiger partial charge < -0.3 is 5.32 Å². The first kappa shape index (κ1) is 11.5. The van der Waals surface area contributed by atoms with Gasteiger partial charge in [-0.25, -0.2) is 17.5 Å². The molecule has 0 radical (unpaired) electrons. The van der Waals surface area contributed by atoms with Crippen molar-refractivity contribution in [3.05, 3.63) is 29.6 Å². The molecule has 6 heteroatoms. The fourth-order valence-corrected chi connectivity index (χ4v) is 2.87. The highest BCUT2D eigenvalue weighted by molar-refractivity contribution is 7.89. The lowest BCUT2D eigenvalue weighted by molar-refractivity contribution is 0.409. The summed E-state index contributed by atoms with van der Waals surface area (Å²) in [6, 6.07) is 3.91. The Hall–Kier alpha value is -0.980. The highest BCUT2D eigenvalue weighted by atomic mass is 32.2. The maximum atomic E-state index is 13.4. The van der Waals surface area contributed by atoms with Crippen molar-refractivity contribution in [2.45, 2.75) is 17.9 Å². The van der Waals surface area contributed by atoms with E-state index in [-0.39, 0.29) is 10.9 Å². The molecule has 1 aliphatic heterocycles. The number of nitrogens with one attached hydrogen (secondary N) is 2. The minimum Gasteiger partial charge on any atom is -0.313 e. The fourth-order valence-electron chi connectivity index (χ4n) is 1.47. The number of benzene rings is 1. The zero-order valence-electron chi connectivity index (χ0n) is 8.83. The Kier molecular flexibility index (Phi) is 2.96. The second-order valence-electron chi connectivity index (χ2n) is 3.91. The minimum atomic E-state index is -3.74. The number of sulfonamides is 1. The summed E-state index contributed by atoms with van der Waals surface area (Å²) in [5.74, 6) is -0.717. The van der Waals surface area contributed by atoms with Crippen LogP contribution in [0.25, 0.3) is 0 Å². The van der Waals surface area contributed by atoms with Gasteiger partial charge in [-0.05, 0) is 24.6 Å². The third-order valence-corrected chi connectivity index (χ3v) is 4.02. The van der Waals surface area contributed by atoms with Crippen LogP contribution in [0.2, 0.25) is 0 Å². The van der Waals surface area contributed by atoms with Gasteiger partial charge in [-0.15, -0.1) is 0 Å². The van der Waals surface area contributed by atoms with E-state index < -0.39 is 15.8 Å². The van der Waals surface area contributed by atoms with Gasteiger partial charge in [-0.2, -0.15) is 0 Å². The van der Waals surface area contributed by atoms with Gasteiger partial charge >= 0.3 is 0 Å². The maximum absolute atomic E-state index is 13.4. The largest absolute Gasteiger partial charge is 0.313 e. The molecule has 2 N–H and O–H groups in total. The van der Waals surface area contributed by atoms with Crippen LogP contribution in [-0.2, 0) is 10.0 Å². The normalized spacial score (nSPS) is 17.1. The summed E-state index contributed by atoms with van der Waals surface area (Å²) >= 11 is 0. The van der Waals surface area contributed by atoms with Gasteiger partial charge in [0.2, 0.25) is 10.0 Å². The predicted octanol–water partition coefficient (Wildman–Crippen LogP) is 0.384. The quantitative estimate of drug-likeness (QED) is 0.808. The Morgan fingerprint density at radius 2 is 2.12 bits per heavy atom. The summed E-state index contributed by atoms with van der Waals surface area (Å²) in [6.07, 6.45) is 0. The van der Waals surface area contributed by atoms with Crippen molar-refractivity contribution in [2.75, 3.05) is 13.1 Å². The summed E-state index contributed by atoms with van der Waals surface area (Å²) in [6.45, 7) is 2.91. The van der Waals surface area contributed by atoms with Gasteiger partial charge in [0.25, 0.3) is 0 Å². The molecule has 0 saturated carbocycles. The summed E-state index contributed by atoms with van der Waals surface area (Å²) in [5.41, 5.74) is 0.716. The zero-order chi connectivity index (χ0) is 11.8. The molecule has 2 rings (SSSR count). The Morgan fingerprint density at radius 3 is 2.69 bits per heavy atom. The summed E-state index contributed by atoms with van der Waals surface area (Å²) < 4.78 is 39.5. The molecule has 0 aromatic heterocycles. The van der Waals surface area contributed by atoms with E-state index in [4.69, 9.17) is 0 Å². The van der Waals surface area contributed by atoms with Gasteiger partial charge in [0.05, 0.1) is 0 Å². The highest BCUT2D eigenvalue weighted by Gasteiger charge is 2.26. The highest BCUT2D eigenvalue weighted by Crippen LogP contribution is 2.16. The van der Waals surface area contributed by atoms with E-state index in [1.165, 1.54) is 12.1 Å². The minimum absolute atomic E-state index is 0.134. The molecule has 1 fully saturated rings. The zero-order valence-corrected chi connectivity index (χ0v) is 9.64. The third-order valence-electron chi connectivity index (χ3n) is 2.48. The van der Waals surface area contributed by atoms with Crippen LogP contribution in [0.1, 0.15) is 5.56 Å². The lowest BCUT2D eigenvalue weighted by atomic mass is 10.2. The lowest BCUT2D eigenvalue weighted by Gasteiger charge is -2.27. The molecular formula is C10H13FN2O2S. The van der Waals surface area contributed by atoms with Crippen LogP contribution < -0.4 is 10.0 Å². The molecule has 1 saturated heterocycles. The molecule has 0 aliphatic carbocycles. The Balaban J connectivity index is 2.30. The van der Waals surface area contributed by atoms with Crippen molar-refractivity contribution in [1.82, 2.24) is 10.0 Å². The smallest absolute Gasteiger partial charge is 0.243 e. The first-order valence-electron chi connectivity index (χ1n) is 4.98. The maximum Gasteiger partial charge on any atom is 0.243 e. The Labute approximate surface area is 93.9 Å². The fraction of sp³-hybridized carbons (Fsp3) is 0.400. The van der Waals surface area contributed by atoms with Crippen molar-refractivity contribution in [1.29, 1.82) is 0 Å². The average molecular weight is 244 g/mol.